The highest BCUT2D eigenvalue weighted by Gasteiger charge is 2.44. The van der Waals surface area contributed by atoms with Crippen molar-refractivity contribution in [2.75, 3.05) is 0 Å². The van der Waals surface area contributed by atoms with Gasteiger partial charge in [-0.3, -0.25) is 0 Å². The number of hydrogen-bond donors (Lipinski definition) is 0. The predicted octanol–water partition coefficient (Wildman–Crippen LogP) is 2.79. The van der Waals surface area contributed by atoms with Gasteiger partial charge in [0.15, 0.2) is 0 Å². The van der Waals surface area contributed by atoms with E-state index in [0.717, 1.165) is 20.2 Å². The van der Waals surface area contributed by atoms with Gasteiger partial charge in [0.25, 0.3) is 0 Å². The smallest absolute Gasteiger partial charge is 0.0276 e. The first kappa shape index (κ1) is 6.99. The van der Waals surface area contributed by atoms with E-state index in [0.29, 0.717) is 0 Å². The average Bonchev–Trinajstić information content (AvgIpc) is 2.24. The Labute approximate surface area is 76.4 Å². The summed E-state index contributed by atoms with van der Waals surface area (Å²) >= 11 is 9.52. The van der Waals surface area contributed by atoms with Crippen molar-refractivity contribution in [1.82, 2.24) is 0 Å². The van der Waals surface area contributed by atoms with Crippen molar-refractivity contribution in [2.45, 2.75) is 33.0 Å². The number of alkyl halides is 2. The zero-order valence-corrected chi connectivity index (χ0v) is 8.88. The highest BCUT2D eigenvalue weighted by Crippen LogP contribution is 2.51. The van der Waals surface area contributed by atoms with Crippen LogP contribution >= 0.6 is 43.6 Å². The summed E-state index contributed by atoms with van der Waals surface area (Å²) in [6.07, 6.45) is 2.73. The van der Waals surface area contributed by atoms with Crippen molar-refractivity contribution in [1.29, 1.82) is 0 Å². The Morgan fingerprint density at radius 3 is 1.67 bits per heavy atom. The summed E-state index contributed by atoms with van der Waals surface area (Å²) in [5.74, 6) is 0. The molecule has 0 N–H and O–H groups in total. The zero-order valence-electron chi connectivity index (χ0n) is 4.89. The van der Waals surface area contributed by atoms with Gasteiger partial charge in [0, 0.05) is 20.2 Å². The molecule has 2 aliphatic rings. The lowest BCUT2D eigenvalue weighted by Crippen LogP contribution is -2.22. The van der Waals surface area contributed by atoms with Crippen LogP contribution in [0.25, 0.3) is 0 Å². The molecular formula is C6H8Br2S. The van der Waals surface area contributed by atoms with Gasteiger partial charge in [0.05, 0.1) is 0 Å². The van der Waals surface area contributed by atoms with E-state index in [9.17, 15) is 0 Å². The lowest BCUT2D eigenvalue weighted by Gasteiger charge is -2.17. The molecule has 0 aromatic rings. The van der Waals surface area contributed by atoms with Gasteiger partial charge in [-0.1, -0.05) is 31.9 Å². The van der Waals surface area contributed by atoms with Gasteiger partial charge in [-0.15, -0.1) is 0 Å². The first-order chi connectivity index (χ1) is 4.27. The fourth-order valence-electron chi connectivity index (χ4n) is 1.55. The molecule has 0 nitrogen and oxygen atoms in total. The second kappa shape index (κ2) is 2.42. The molecule has 2 fully saturated rings. The SMILES string of the molecule is BrC1CC2SC1CC2Br. The number of rotatable bonds is 0. The lowest BCUT2D eigenvalue weighted by atomic mass is 10.0. The molecule has 0 radical (unpaired) electrons. The molecule has 4 unspecified atom stereocenters. The molecule has 9 heavy (non-hydrogen) atoms. The van der Waals surface area contributed by atoms with Gasteiger partial charge < -0.3 is 0 Å². The molecule has 0 aromatic carbocycles. The van der Waals surface area contributed by atoms with Crippen LogP contribution in [0.2, 0.25) is 0 Å². The Morgan fingerprint density at radius 1 is 1.00 bits per heavy atom. The molecule has 3 heteroatoms. The maximum Gasteiger partial charge on any atom is 0.0276 e. The lowest BCUT2D eigenvalue weighted by molar-refractivity contribution is 0.613. The van der Waals surface area contributed by atoms with E-state index >= 15 is 0 Å². The normalized spacial score (nSPS) is 56.7. The first-order valence-electron chi connectivity index (χ1n) is 3.21. The number of hydrogen-bond acceptors (Lipinski definition) is 1. The third-order valence-corrected chi connectivity index (χ3v) is 6.54. The van der Waals surface area contributed by atoms with E-state index in [4.69, 9.17) is 0 Å². The largest absolute Gasteiger partial charge is 0.153 e. The number of halogens is 2. The number of fused-ring (bicyclic) bond motifs is 2. The maximum atomic E-state index is 3.68. The van der Waals surface area contributed by atoms with Crippen molar-refractivity contribution < 1.29 is 0 Å². The summed E-state index contributed by atoms with van der Waals surface area (Å²) < 4.78 is 0. The fourth-order valence-corrected chi connectivity index (χ4v) is 5.68. The molecule has 0 spiro atoms. The molecule has 2 bridgehead atoms. The Bertz CT molecular complexity index is 110. The first-order valence-corrected chi connectivity index (χ1v) is 5.98. The van der Waals surface area contributed by atoms with Gasteiger partial charge in [0.2, 0.25) is 0 Å². The Balaban J connectivity index is 2.10. The van der Waals surface area contributed by atoms with Gasteiger partial charge >= 0.3 is 0 Å². The molecule has 2 saturated heterocycles. The van der Waals surface area contributed by atoms with Crippen LogP contribution in [0.1, 0.15) is 12.8 Å². The highest BCUT2D eigenvalue weighted by molar-refractivity contribution is 9.10. The predicted molar refractivity (Wildman–Crippen MR) is 49.8 cm³/mol. The molecule has 4 atom stereocenters. The van der Waals surface area contributed by atoms with Crippen molar-refractivity contribution in [3.8, 4) is 0 Å². The molecule has 2 heterocycles. The van der Waals surface area contributed by atoms with Gasteiger partial charge in [0.1, 0.15) is 0 Å². The van der Waals surface area contributed by atoms with E-state index in [1.165, 1.54) is 12.8 Å². The minimum atomic E-state index is 0.807. The second-order valence-corrected chi connectivity index (χ2v) is 6.55. The summed E-state index contributed by atoms with van der Waals surface area (Å²) in [6.45, 7) is 0. The summed E-state index contributed by atoms with van der Waals surface area (Å²) in [5.41, 5.74) is 0. The van der Waals surface area contributed by atoms with Crippen molar-refractivity contribution in [2.24, 2.45) is 0 Å². The molecule has 52 valence electrons. The van der Waals surface area contributed by atoms with Gasteiger partial charge in [-0.05, 0) is 12.8 Å². The average molecular weight is 272 g/mol. The van der Waals surface area contributed by atoms with Crippen LogP contribution in [0.4, 0.5) is 0 Å². The Hall–Kier alpha value is 1.31. The minimum absolute atomic E-state index is 0.807. The monoisotopic (exact) mass is 270 g/mol. The minimum Gasteiger partial charge on any atom is -0.153 e. The standard InChI is InChI=1S/C6H8Br2S/c7-3-1-5-4(8)2-6(3)9-5/h3-6H,1-2H2. The summed E-state index contributed by atoms with van der Waals surface area (Å²) in [4.78, 5) is 1.61. The quantitative estimate of drug-likeness (QED) is 0.611. The topological polar surface area (TPSA) is 0 Å². The summed E-state index contributed by atoms with van der Waals surface area (Å²) in [7, 11) is 0. The van der Waals surface area contributed by atoms with Crippen LogP contribution in [0.3, 0.4) is 0 Å². The van der Waals surface area contributed by atoms with E-state index in [1.54, 1.807) is 0 Å². The summed E-state index contributed by atoms with van der Waals surface area (Å²) in [6, 6.07) is 0. The van der Waals surface area contributed by atoms with Crippen LogP contribution in [-0.4, -0.2) is 20.2 Å². The van der Waals surface area contributed by atoms with Gasteiger partial charge in [-0.2, -0.15) is 11.8 Å². The Kier molecular flexibility index (Phi) is 1.88. The molecule has 2 rings (SSSR count). The molecule has 0 saturated carbocycles. The van der Waals surface area contributed by atoms with Gasteiger partial charge in [-0.25, -0.2) is 0 Å². The van der Waals surface area contributed by atoms with Crippen LogP contribution in [-0.2, 0) is 0 Å². The fraction of sp³-hybridized carbons (Fsp3) is 1.00. The van der Waals surface area contributed by atoms with E-state index < -0.39 is 0 Å². The summed E-state index contributed by atoms with van der Waals surface area (Å²) in [5, 5.41) is 1.80. The van der Waals surface area contributed by atoms with Crippen LogP contribution in [0.15, 0.2) is 0 Å². The molecule has 0 aromatic heterocycles. The van der Waals surface area contributed by atoms with Crippen molar-refractivity contribution in [3.63, 3.8) is 0 Å². The Morgan fingerprint density at radius 2 is 1.44 bits per heavy atom. The van der Waals surface area contributed by atoms with E-state index in [2.05, 4.69) is 43.6 Å². The van der Waals surface area contributed by atoms with Crippen LogP contribution < -0.4 is 0 Å². The van der Waals surface area contributed by atoms with Crippen LogP contribution in [0, 0.1) is 0 Å². The van der Waals surface area contributed by atoms with Crippen LogP contribution in [0.5, 0.6) is 0 Å². The number of thioether (sulfide) groups is 1. The highest BCUT2D eigenvalue weighted by atomic mass is 79.9. The molecular weight excluding hydrogens is 264 g/mol. The molecule has 2 aliphatic heterocycles. The molecule has 0 aliphatic carbocycles. The zero-order chi connectivity index (χ0) is 6.43. The van der Waals surface area contributed by atoms with Crippen molar-refractivity contribution in [3.05, 3.63) is 0 Å². The third kappa shape index (κ3) is 1.10. The second-order valence-electron chi connectivity index (χ2n) is 2.72. The third-order valence-electron chi connectivity index (χ3n) is 2.07. The maximum absolute atomic E-state index is 3.68. The van der Waals surface area contributed by atoms with Crippen molar-refractivity contribution >= 4 is 43.6 Å². The van der Waals surface area contributed by atoms with E-state index in [1.807, 2.05) is 0 Å². The molecule has 0 amide bonds. The van der Waals surface area contributed by atoms with E-state index in [-0.39, 0.29) is 0 Å².